The third kappa shape index (κ3) is 3.54. The van der Waals surface area contributed by atoms with Crippen LogP contribution >= 0.6 is 15.9 Å². The average molecular weight is 329 g/mol. The molecule has 1 aliphatic rings. The number of hydrogen-bond donors (Lipinski definition) is 1. The molecule has 1 atom stereocenters. The fraction of sp³-hybridized carbons (Fsp3) is 0.500. The van der Waals surface area contributed by atoms with Crippen LogP contribution in [0.4, 0.5) is 4.39 Å². The van der Waals surface area contributed by atoms with Crippen LogP contribution in [0, 0.1) is 5.82 Å². The average Bonchev–Trinajstić information content (AvgIpc) is 2.91. The van der Waals surface area contributed by atoms with Crippen LogP contribution < -0.4 is 5.32 Å². The highest BCUT2D eigenvalue weighted by molar-refractivity contribution is 9.10. The van der Waals surface area contributed by atoms with Gasteiger partial charge in [0.05, 0.1) is 5.56 Å². The summed E-state index contributed by atoms with van der Waals surface area (Å²) in [6.45, 7) is 4.26. The van der Waals surface area contributed by atoms with E-state index in [1.54, 1.807) is 11.0 Å². The van der Waals surface area contributed by atoms with E-state index in [1.165, 1.54) is 12.1 Å². The summed E-state index contributed by atoms with van der Waals surface area (Å²) >= 11 is 3.31. The minimum atomic E-state index is -0.387. The molecule has 1 aromatic rings. The van der Waals surface area contributed by atoms with Gasteiger partial charge in [0, 0.05) is 23.6 Å². The summed E-state index contributed by atoms with van der Waals surface area (Å²) in [4.78, 5) is 14.2. The van der Waals surface area contributed by atoms with Crippen LogP contribution in [0.2, 0.25) is 0 Å². The lowest BCUT2D eigenvalue weighted by atomic mass is 10.1. The van der Waals surface area contributed by atoms with Gasteiger partial charge in [0.2, 0.25) is 0 Å². The van der Waals surface area contributed by atoms with E-state index in [2.05, 4.69) is 21.2 Å². The fourth-order valence-corrected chi connectivity index (χ4v) is 2.78. The van der Waals surface area contributed by atoms with Crippen molar-refractivity contribution < 1.29 is 9.18 Å². The third-order valence-corrected chi connectivity index (χ3v) is 4.12. The van der Waals surface area contributed by atoms with Crippen LogP contribution in [0.1, 0.15) is 30.1 Å². The van der Waals surface area contributed by atoms with E-state index in [-0.39, 0.29) is 11.7 Å². The van der Waals surface area contributed by atoms with Gasteiger partial charge in [-0.2, -0.15) is 0 Å². The van der Waals surface area contributed by atoms with Gasteiger partial charge in [-0.3, -0.25) is 4.79 Å². The molecule has 5 heteroatoms. The molecular formula is C14H18BrFN2O. The Balaban J connectivity index is 2.12. The Hall–Kier alpha value is -0.940. The number of amides is 1. The van der Waals surface area contributed by atoms with Crippen LogP contribution in [0.3, 0.4) is 0 Å². The summed E-state index contributed by atoms with van der Waals surface area (Å²) < 4.78 is 13.9. The molecule has 104 valence electrons. The van der Waals surface area contributed by atoms with Gasteiger partial charge >= 0.3 is 0 Å². The van der Waals surface area contributed by atoms with Crippen LogP contribution in [-0.2, 0) is 0 Å². The molecule has 0 aromatic heterocycles. The molecule has 2 rings (SSSR count). The van der Waals surface area contributed by atoms with Gasteiger partial charge in [0.15, 0.2) is 0 Å². The summed E-state index contributed by atoms with van der Waals surface area (Å²) in [7, 11) is 0. The topological polar surface area (TPSA) is 32.3 Å². The fourth-order valence-electron chi connectivity index (χ4n) is 2.37. The highest BCUT2D eigenvalue weighted by Crippen LogP contribution is 2.20. The largest absolute Gasteiger partial charge is 0.337 e. The zero-order valence-corrected chi connectivity index (χ0v) is 12.5. The van der Waals surface area contributed by atoms with E-state index in [0.717, 1.165) is 19.4 Å². The van der Waals surface area contributed by atoms with E-state index in [0.29, 0.717) is 29.2 Å². The summed E-state index contributed by atoms with van der Waals surface area (Å²) in [5.74, 6) is -0.510. The lowest BCUT2D eigenvalue weighted by Crippen LogP contribution is -2.41. The molecule has 0 aliphatic carbocycles. The molecule has 1 aromatic carbocycles. The van der Waals surface area contributed by atoms with Crippen molar-refractivity contribution in [1.82, 2.24) is 10.2 Å². The lowest BCUT2D eigenvalue weighted by Gasteiger charge is -2.25. The molecule has 19 heavy (non-hydrogen) atoms. The first-order valence-electron chi connectivity index (χ1n) is 6.59. The highest BCUT2D eigenvalue weighted by atomic mass is 79.9. The maximum atomic E-state index is 13.3. The van der Waals surface area contributed by atoms with Crippen molar-refractivity contribution in [2.45, 2.75) is 25.8 Å². The van der Waals surface area contributed by atoms with E-state index in [1.807, 2.05) is 6.92 Å². The molecule has 1 fully saturated rings. The van der Waals surface area contributed by atoms with Gasteiger partial charge in [0.1, 0.15) is 5.82 Å². The van der Waals surface area contributed by atoms with Crippen LogP contribution in [-0.4, -0.2) is 36.5 Å². The Bertz CT molecular complexity index is 461. The van der Waals surface area contributed by atoms with Gasteiger partial charge in [-0.1, -0.05) is 0 Å². The minimum Gasteiger partial charge on any atom is -0.337 e. The monoisotopic (exact) mass is 328 g/mol. The predicted molar refractivity (Wildman–Crippen MR) is 76.7 cm³/mol. The quantitative estimate of drug-likeness (QED) is 0.921. The van der Waals surface area contributed by atoms with Crippen LogP contribution in [0.15, 0.2) is 22.7 Å². The maximum Gasteiger partial charge on any atom is 0.255 e. The molecule has 1 amide bonds. The molecule has 1 heterocycles. The number of carbonyl (C=O) groups is 1. The summed E-state index contributed by atoms with van der Waals surface area (Å²) in [5, 5.41) is 3.37. The van der Waals surface area contributed by atoms with E-state index in [4.69, 9.17) is 0 Å². The maximum absolute atomic E-state index is 13.3. The highest BCUT2D eigenvalue weighted by Gasteiger charge is 2.22. The van der Waals surface area contributed by atoms with E-state index >= 15 is 0 Å². The van der Waals surface area contributed by atoms with Crippen molar-refractivity contribution in [2.75, 3.05) is 19.6 Å². The van der Waals surface area contributed by atoms with Crippen molar-refractivity contribution in [3.8, 4) is 0 Å². The number of likely N-dealkylation sites (N-methyl/N-ethyl adjacent to an activating group) is 1. The van der Waals surface area contributed by atoms with Gasteiger partial charge in [0.25, 0.3) is 5.91 Å². The van der Waals surface area contributed by atoms with Gasteiger partial charge in [-0.15, -0.1) is 0 Å². The molecule has 1 saturated heterocycles. The second-order valence-corrected chi connectivity index (χ2v) is 5.62. The molecule has 0 radical (unpaired) electrons. The standard InChI is InChI=1S/C14H18BrFN2O/c1-2-18(9-11-4-3-7-17-11)14(19)12-8-10(16)5-6-13(12)15/h5-6,8,11,17H,2-4,7,9H2,1H3. The zero-order valence-electron chi connectivity index (χ0n) is 11.0. The second kappa shape index (κ2) is 6.48. The molecule has 0 spiro atoms. The zero-order chi connectivity index (χ0) is 13.8. The van der Waals surface area contributed by atoms with Crippen molar-refractivity contribution in [3.63, 3.8) is 0 Å². The summed E-state index contributed by atoms with van der Waals surface area (Å²) in [6, 6.07) is 4.56. The molecule has 1 unspecified atom stereocenters. The van der Waals surface area contributed by atoms with Gasteiger partial charge in [-0.25, -0.2) is 4.39 Å². The molecule has 3 nitrogen and oxygen atoms in total. The minimum absolute atomic E-state index is 0.123. The SMILES string of the molecule is CCN(CC1CCCN1)C(=O)c1cc(F)ccc1Br. The van der Waals surface area contributed by atoms with Crippen molar-refractivity contribution >= 4 is 21.8 Å². The number of carbonyl (C=O) groups excluding carboxylic acids is 1. The molecule has 0 bridgehead atoms. The Morgan fingerprint density at radius 3 is 3.00 bits per heavy atom. The normalized spacial score (nSPS) is 18.6. The number of rotatable bonds is 4. The first kappa shape index (κ1) is 14.5. The lowest BCUT2D eigenvalue weighted by molar-refractivity contribution is 0.0750. The predicted octanol–water partition coefficient (Wildman–Crippen LogP) is 2.80. The molecule has 1 aliphatic heterocycles. The number of benzene rings is 1. The smallest absolute Gasteiger partial charge is 0.255 e. The van der Waals surface area contributed by atoms with E-state index in [9.17, 15) is 9.18 Å². The Morgan fingerprint density at radius 1 is 1.58 bits per heavy atom. The first-order valence-corrected chi connectivity index (χ1v) is 7.39. The van der Waals surface area contributed by atoms with Crippen molar-refractivity contribution in [2.24, 2.45) is 0 Å². The number of nitrogens with one attached hydrogen (secondary N) is 1. The first-order chi connectivity index (χ1) is 9.11. The van der Waals surface area contributed by atoms with Crippen molar-refractivity contribution in [1.29, 1.82) is 0 Å². The summed E-state index contributed by atoms with van der Waals surface area (Å²) in [5.41, 5.74) is 0.389. The molecule has 0 saturated carbocycles. The van der Waals surface area contributed by atoms with E-state index < -0.39 is 0 Å². The molecule has 1 N–H and O–H groups in total. The second-order valence-electron chi connectivity index (χ2n) is 4.76. The molecular weight excluding hydrogens is 311 g/mol. The Labute approximate surface area is 121 Å². The number of nitrogens with zero attached hydrogens (tertiary/aromatic N) is 1. The van der Waals surface area contributed by atoms with Crippen molar-refractivity contribution in [3.05, 3.63) is 34.1 Å². The Morgan fingerprint density at radius 2 is 2.37 bits per heavy atom. The van der Waals surface area contributed by atoms with Crippen LogP contribution in [0.5, 0.6) is 0 Å². The summed E-state index contributed by atoms with van der Waals surface area (Å²) in [6.07, 6.45) is 2.24. The number of hydrogen-bond acceptors (Lipinski definition) is 2. The van der Waals surface area contributed by atoms with Crippen LogP contribution in [0.25, 0.3) is 0 Å². The third-order valence-electron chi connectivity index (χ3n) is 3.43. The number of halogens is 2. The van der Waals surface area contributed by atoms with Gasteiger partial charge in [-0.05, 0) is 60.4 Å². The van der Waals surface area contributed by atoms with Gasteiger partial charge < -0.3 is 10.2 Å². The Kier molecular flexibility index (Phi) is 4.93.